The van der Waals surface area contributed by atoms with Crippen LogP contribution in [0.4, 0.5) is 17.1 Å². The van der Waals surface area contributed by atoms with Crippen molar-refractivity contribution in [2.75, 3.05) is 35.6 Å². The van der Waals surface area contributed by atoms with Gasteiger partial charge in [-0.15, -0.1) is 0 Å². The number of nitrogens with zero attached hydrogens (tertiary/aromatic N) is 1. The van der Waals surface area contributed by atoms with Crippen LogP contribution < -0.4 is 16.0 Å². The second-order valence-electron chi connectivity index (χ2n) is 8.50. The average molecular weight is 453 g/mol. The number of hydrogen-bond donors (Lipinski definition) is 3. The van der Waals surface area contributed by atoms with Gasteiger partial charge in [-0.1, -0.05) is 33.8 Å². The Kier molecular flexibility index (Phi) is 10.4. The third-order valence-corrected chi connectivity index (χ3v) is 4.88. The van der Waals surface area contributed by atoms with Crippen LogP contribution in [0.2, 0.25) is 0 Å². The molecule has 2 aromatic carbocycles. The maximum atomic E-state index is 12.8. The molecule has 3 amide bonds. The van der Waals surface area contributed by atoms with Gasteiger partial charge in [-0.2, -0.15) is 0 Å². The van der Waals surface area contributed by atoms with Crippen molar-refractivity contribution >= 4 is 34.8 Å². The predicted octanol–water partition coefficient (Wildman–Crippen LogP) is 4.98. The number of carbonyl (C=O) groups excluding carboxylic acids is 3. The van der Waals surface area contributed by atoms with Gasteiger partial charge >= 0.3 is 0 Å². The van der Waals surface area contributed by atoms with E-state index in [2.05, 4.69) is 29.8 Å². The molecule has 0 aromatic heterocycles. The molecule has 2 aromatic rings. The number of nitrogens with one attached hydrogen (secondary N) is 3. The number of rotatable bonds is 12. The summed E-state index contributed by atoms with van der Waals surface area (Å²) in [5.41, 5.74) is 2.64. The van der Waals surface area contributed by atoms with Crippen molar-refractivity contribution in [3.63, 3.8) is 0 Å². The second kappa shape index (κ2) is 13.3. The van der Waals surface area contributed by atoms with Crippen LogP contribution in [0.25, 0.3) is 0 Å². The third-order valence-electron chi connectivity index (χ3n) is 4.88. The average Bonchev–Trinajstić information content (AvgIpc) is 2.77. The van der Waals surface area contributed by atoms with Gasteiger partial charge in [-0.25, -0.2) is 0 Å². The Bertz CT molecular complexity index is 919. The number of benzene rings is 2. The fourth-order valence-corrected chi connectivity index (χ4v) is 3.41. The maximum Gasteiger partial charge on any atom is 0.253 e. The zero-order chi connectivity index (χ0) is 24.2. The first-order valence-electron chi connectivity index (χ1n) is 11.6. The van der Waals surface area contributed by atoms with E-state index in [0.717, 1.165) is 24.2 Å². The minimum absolute atomic E-state index is 0.0155. The molecule has 0 bridgehead atoms. The van der Waals surface area contributed by atoms with Gasteiger partial charge in [-0.3, -0.25) is 14.4 Å². The van der Waals surface area contributed by atoms with Crippen LogP contribution in [-0.2, 0) is 9.59 Å². The highest BCUT2D eigenvalue weighted by molar-refractivity contribution is 5.98. The van der Waals surface area contributed by atoms with Crippen LogP contribution in [-0.4, -0.2) is 42.3 Å². The van der Waals surface area contributed by atoms with Crippen molar-refractivity contribution in [3.8, 4) is 0 Å². The smallest absolute Gasteiger partial charge is 0.253 e. The molecule has 2 rings (SSSR count). The van der Waals surface area contributed by atoms with Gasteiger partial charge < -0.3 is 20.9 Å². The minimum Gasteiger partial charge on any atom is -0.376 e. The molecule has 0 saturated heterocycles. The molecule has 7 nitrogen and oxygen atoms in total. The first kappa shape index (κ1) is 25.9. The van der Waals surface area contributed by atoms with Gasteiger partial charge in [0, 0.05) is 42.1 Å². The van der Waals surface area contributed by atoms with Crippen molar-refractivity contribution in [2.24, 2.45) is 5.92 Å². The number of amides is 3. The molecule has 0 aliphatic carbocycles. The second-order valence-corrected chi connectivity index (χ2v) is 8.50. The summed E-state index contributed by atoms with van der Waals surface area (Å²) in [7, 11) is 0. The molecule has 7 heteroatoms. The first-order valence-corrected chi connectivity index (χ1v) is 11.6. The molecule has 0 radical (unpaired) electrons. The fourth-order valence-electron chi connectivity index (χ4n) is 3.41. The maximum absolute atomic E-state index is 12.8. The summed E-state index contributed by atoms with van der Waals surface area (Å²) in [4.78, 5) is 38.9. The van der Waals surface area contributed by atoms with Gasteiger partial charge in [0.05, 0.1) is 6.54 Å². The molecule has 178 valence electrons. The molecule has 0 aliphatic heterocycles. The van der Waals surface area contributed by atoms with Gasteiger partial charge in [-0.05, 0) is 61.2 Å². The monoisotopic (exact) mass is 452 g/mol. The highest BCUT2D eigenvalue weighted by Crippen LogP contribution is 2.16. The fraction of sp³-hybridized carbons (Fsp3) is 0.423. The number of anilines is 3. The van der Waals surface area contributed by atoms with E-state index in [4.69, 9.17) is 0 Å². The van der Waals surface area contributed by atoms with Crippen LogP contribution in [0, 0.1) is 5.92 Å². The van der Waals surface area contributed by atoms with Crippen LogP contribution in [0.5, 0.6) is 0 Å². The highest BCUT2D eigenvalue weighted by atomic mass is 16.2. The van der Waals surface area contributed by atoms with Crippen LogP contribution >= 0.6 is 0 Å². The molecule has 0 heterocycles. The Morgan fingerprint density at radius 3 is 2.03 bits per heavy atom. The van der Waals surface area contributed by atoms with E-state index >= 15 is 0 Å². The molecular formula is C26H36N4O3. The summed E-state index contributed by atoms with van der Waals surface area (Å²) in [6, 6.07) is 14.3. The van der Waals surface area contributed by atoms with Crippen molar-refractivity contribution in [1.29, 1.82) is 0 Å². The predicted molar refractivity (Wildman–Crippen MR) is 135 cm³/mol. The van der Waals surface area contributed by atoms with Crippen molar-refractivity contribution in [1.82, 2.24) is 4.90 Å². The molecule has 0 aliphatic rings. The molecule has 33 heavy (non-hydrogen) atoms. The molecule has 3 N–H and O–H groups in total. The lowest BCUT2D eigenvalue weighted by Gasteiger charge is -2.21. The van der Waals surface area contributed by atoms with E-state index in [1.165, 1.54) is 0 Å². The summed E-state index contributed by atoms with van der Waals surface area (Å²) in [5, 5.41) is 8.76. The molecule has 0 atom stereocenters. The van der Waals surface area contributed by atoms with Crippen LogP contribution in [0.3, 0.4) is 0 Å². The van der Waals surface area contributed by atoms with E-state index in [1.807, 2.05) is 30.9 Å². The largest absolute Gasteiger partial charge is 0.376 e. The van der Waals surface area contributed by atoms with E-state index in [9.17, 15) is 14.4 Å². The summed E-state index contributed by atoms with van der Waals surface area (Å²) in [6.07, 6.45) is 2.28. The normalized spacial score (nSPS) is 10.6. The topological polar surface area (TPSA) is 90.5 Å². The summed E-state index contributed by atoms with van der Waals surface area (Å²) >= 11 is 0. The van der Waals surface area contributed by atoms with E-state index < -0.39 is 0 Å². The first-order chi connectivity index (χ1) is 15.8. The van der Waals surface area contributed by atoms with E-state index in [1.54, 1.807) is 36.4 Å². The Balaban J connectivity index is 1.89. The highest BCUT2D eigenvalue weighted by Gasteiger charge is 2.15. The quantitative estimate of drug-likeness (QED) is 0.423. The Morgan fingerprint density at radius 1 is 0.818 bits per heavy atom. The van der Waals surface area contributed by atoms with Gasteiger partial charge in [0.15, 0.2) is 0 Å². The van der Waals surface area contributed by atoms with E-state index in [-0.39, 0.29) is 24.3 Å². The zero-order valence-electron chi connectivity index (χ0n) is 20.1. The zero-order valence-corrected chi connectivity index (χ0v) is 20.1. The van der Waals surface area contributed by atoms with E-state index in [0.29, 0.717) is 36.7 Å². The van der Waals surface area contributed by atoms with Crippen molar-refractivity contribution < 1.29 is 14.4 Å². The molecule has 0 unspecified atom stereocenters. The number of hydrogen-bond acceptors (Lipinski definition) is 4. The van der Waals surface area contributed by atoms with Gasteiger partial charge in [0.1, 0.15) is 0 Å². The summed E-state index contributed by atoms with van der Waals surface area (Å²) in [6.45, 7) is 9.61. The lowest BCUT2D eigenvalue weighted by Crippen LogP contribution is -2.32. The number of carbonyl (C=O) groups is 3. The van der Waals surface area contributed by atoms with Gasteiger partial charge in [0.2, 0.25) is 11.8 Å². The third kappa shape index (κ3) is 8.96. The van der Waals surface area contributed by atoms with Crippen molar-refractivity contribution in [3.05, 3.63) is 54.1 Å². The Hall–Kier alpha value is -3.35. The lowest BCUT2D eigenvalue weighted by molar-refractivity contribution is -0.117. The SMILES string of the molecule is CCCN(CCC)C(=O)c1cccc(NC(=O)CNc2ccc(NC(=O)CC(C)C)cc2)c1. The minimum atomic E-state index is -0.215. The molecule has 0 spiro atoms. The molecule has 0 saturated carbocycles. The lowest BCUT2D eigenvalue weighted by atomic mass is 10.1. The molecule has 0 fully saturated rings. The standard InChI is InChI=1S/C26H36N4O3/c1-5-14-30(15-6-2)26(33)20-8-7-9-23(17-20)29-25(32)18-27-21-10-12-22(13-11-21)28-24(31)16-19(3)4/h7-13,17,19,27H,5-6,14-16,18H2,1-4H3,(H,28,31)(H,29,32). The van der Waals surface area contributed by atoms with Crippen LogP contribution in [0.15, 0.2) is 48.5 Å². The Morgan fingerprint density at radius 2 is 1.42 bits per heavy atom. The Labute approximate surface area is 196 Å². The molecular weight excluding hydrogens is 416 g/mol. The van der Waals surface area contributed by atoms with Crippen LogP contribution in [0.1, 0.15) is 57.3 Å². The summed E-state index contributed by atoms with van der Waals surface area (Å²) < 4.78 is 0. The van der Waals surface area contributed by atoms with Crippen molar-refractivity contribution in [2.45, 2.75) is 47.0 Å². The van der Waals surface area contributed by atoms with Gasteiger partial charge in [0.25, 0.3) is 5.91 Å². The summed E-state index contributed by atoms with van der Waals surface area (Å²) in [5.74, 6) is 0.0505.